The fourth-order valence-electron chi connectivity index (χ4n) is 4.27. The first kappa shape index (κ1) is 26.3. The molecule has 35 heavy (non-hydrogen) atoms. The average Bonchev–Trinajstić information content (AvgIpc) is 3.24. The van der Waals surface area contributed by atoms with Crippen LogP contribution in [0, 0.1) is 0 Å². The second kappa shape index (κ2) is 13.0. The van der Waals surface area contributed by atoms with E-state index in [9.17, 15) is 4.79 Å². The highest BCUT2D eigenvalue weighted by Gasteiger charge is 2.15. The van der Waals surface area contributed by atoms with Gasteiger partial charge in [0.15, 0.2) is 11.5 Å². The molecule has 188 valence electrons. The number of carbonyl (C=O) groups is 1. The number of allylic oxidation sites excluding steroid dienone is 1. The fourth-order valence-corrected chi connectivity index (χ4v) is 4.27. The molecule has 7 heteroatoms. The third kappa shape index (κ3) is 7.10. The summed E-state index contributed by atoms with van der Waals surface area (Å²) in [6, 6.07) is 12.1. The molecule has 0 aliphatic rings. The van der Waals surface area contributed by atoms with Crippen molar-refractivity contribution in [3.8, 4) is 11.5 Å². The van der Waals surface area contributed by atoms with Gasteiger partial charge in [0.25, 0.3) is 5.91 Å². The van der Waals surface area contributed by atoms with E-state index >= 15 is 0 Å². The maximum atomic E-state index is 12.2. The molecule has 3 aromatic rings. The molecule has 0 fully saturated rings. The number of ether oxygens (including phenoxy) is 2. The van der Waals surface area contributed by atoms with Crippen molar-refractivity contribution in [2.45, 2.75) is 45.7 Å². The van der Waals surface area contributed by atoms with Crippen molar-refractivity contribution in [3.63, 3.8) is 0 Å². The highest BCUT2D eigenvalue weighted by Crippen LogP contribution is 2.29. The van der Waals surface area contributed by atoms with Crippen molar-refractivity contribution in [3.05, 3.63) is 71.9 Å². The normalized spacial score (nSPS) is 12.0. The molecule has 0 aliphatic heterocycles. The number of carbonyl (C=O) groups excluding carboxylic acids is 1. The van der Waals surface area contributed by atoms with Crippen LogP contribution < -0.4 is 20.5 Å². The quantitative estimate of drug-likeness (QED) is 0.227. The number of benzene rings is 2. The minimum Gasteiger partial charge on any atom is -0.490 e. The average molecular weight is 480 g/mol. The van der Waals surface area contributed by atoms with Gasteiger partial charge in [0, 0.05) is 37.3 Å². The summed E-state index contributed by atoms with van der Waals surface area (Å²) in [6.45, 7) is 10.3. The van der Waals surface area contributed by atoms with Crippen LogP contribution in [-0.4, -0.2) is 48.0 Å². The lowest BCUT2D eigenvalue weighted by atomic mass is 10.0. The molecule has 4 N–H and O–H groups in total. The molecular formula is C28H37N3O4. The molecule has 0 saturated heterocycles. The largest absolute Gasteiger partial charge is 0.490 e. The Morgan fingerprint density at radius 2 is 2.03 bits per heavy atom. The van der Waals surface area contributed by atoms with Crippen LogP contribution in [0.5, 0.6) is 11.5 Å². The molecule has 0 bridgehead atoms. The molecule has 1 heterocycles. The van der Waals surface area contributed by atoms with Crippen LogP contribution in [0.1, 0.15) is 41.8 Å². The summed E-state index contributed by atoms with van der Waals surface area (Å²) in [7, 11) is 0. The zero-order valence-electron chi connectivity index (χ0n) is 20.8. The van der Waals surface area contributed by atoms with Crippen molar-refractivity contribution in [1.82, 2.24) is 9.88 Å². The maximum Gasteiger partial charge on any atom is 0.250 e. The topological polar surface area (TPSA) is 98.7 Å². The third-order valence-electron chi connectivity index (χ3n) is 5.83. The van der Waals surface area contributed by atoms with E-state index in [0.717, 1.165) is 46.4 Å². The van der Waals surface area contributed by atoms with E-state index in [1.54, 1.807) is 0 Å². The first-order valence-corrected chi connectivity index (χ1v) is 12.2. The number of aromatic nitrogens is 1. The SMILES string of the molecule is C=CCc1ccc(OCCN[C@H](C)Cc2cc(C(N)=O)c3c(ccn3CCCO)c2)c(OCC)c1. The molecule has 1 amide bonds. The Balaban J connectivity index is 1.59. The molecule has 1 atom stereocenters. The second-order valence-electron chi connectivity index (χ2n) is 8.65. The van der Waals surface area contributed by atoms with E-state index in [1.807, 2.05) is 54.1 Å². The van der Waals surface area contributed by atoms with Gasteiger partial charge in [0.05, 0.1) is 17.7 Å². The molecule has 0 spiro atoms. The van der Waals surface area contributed by atoms with Crippen molar-refractivity contribution in [2.75, 3.05) is 26.4 Å². The molecule has 0 radical (unpaired) electrons. The van der Waals surface area contributed by atoms with E-state index in [2.05, 4.69) is 24.9 Å². The molecule has 2 aromatic carbocycles. The van der Waals surface area contributed by atoms with Crippen LogP contribution in [0.15, 0.2) is 55.3 Å². The number of hydrogen-bond acceptors (Lipinski definition) is 5. The van der Waals surface area contributed by atoms with Crippen LogP contribution in [0.25, 0.3) is 10.9 Å². The van der Waals surface area contributed by atoms with Crippen LogP contribution in [0.4, 0.5) is 0 Å². The number of nitrogens with zero attached hydrogens (tertiary/aromatic N) is 1. The number of amides is 1. The number of fused-ring (bicyclic) bond motifs is 1. The van der Waals surface area contributed by atoms with Gasteiger partial charge in [-0.2, -0.15) is 0 Å². The van der Waals surface area contributed by atoms with Crippen LogP contribution in [0.3, 0.4) is 0 Å². The van der Waals surface area contributed by atoms with Crippen LogP contribution in [-0.2, 0) is 19.4 Å². The Kier molecular flexibility index (Phi) is 9.76. The summed E-state index contributed by atoms with van der Waals surface area (Å²) >= 11 is 0. The van der Waals surface area contributed by atoms with Crippen molar-refractivity contribution >= 4 is 16.8 Å². The number of nitrogens with one attached hydrogen (secondary N) is 1. The lowest BCUT2D eigenvalue weighted by Crippen LogP contribution is -2.32. The zero-order chi connectivity index (χ0) is 25.2. The Labute approximate surface area is 207 Å². The summed E-state index contributed by atoms with van der Waals surface area (Å²) in [5.74, 6) is 1.04. The molecule has 1 aromatic heterocycles. The highest BCUT2D eigenvalue weighted by atomic mass is 16.5. The Hall–Kier alpha value is -3.29. The van der Waals surface area contributed by atoms with Gasteiger partial charge in [0.2, 0.25) is 0 Å². The minimum atomic E-state index is -0.445. The summed E-state index contributed by atoms with van der Waals surface area (Å²) in [6.07, 6.45) is 5.97. The molecule has 0 unspecified atom stereocenters. The predicted octanol–water partition coefficient (Wildman–Crippen LogP) is 3.85. The minimum absolute atomic E-state index is 0.101. The van der Waals surface area contributed by atoms with Crippen LogP contribution in [0.2, 0.25) is 0 Å². The number of rotatable bonds is 15. The van der Waals surface area contributed by atoms with E-state index in [4.69, 9.17) is 20.3 Å². The standard InChI is InChI=1S/C28H37N3O4/c1-4-7-21-8-9-25(26(19-21)34-5-2)35-15-11-30-20(3)16-22-17-23-10-13-31(12-6-14-32)27(23)24(18-22)28(29)33/h4,8-10,13,17-20,30,32H,1,5-7,11-12,14-16H2,2-3H3,(H2,29,33)/t20-/m1/s1. The van der Waals surface area contributed by atoms with Crippen molar-refractivity contribution < 1.29 is 19.4 Å². The first-order valence-electron chi connectivity index (χ1n) is 12.2. The third-order valence-corrected chi connectivity index (χ3v) is 5.83. The molecule has 3 rings (SSSR count). The lowest BCUT2D eigenvalue weighted by Gasteiger charge is -2.17. The van der Waals surface area contributed by atoms with Gasteiger partial charge in [-0.05, 0) is 74.6 Å². The van der Waals surface area contributed by atoms with Gasteiger partial charge in [0.1, 0.15) is 6.61 Å². The Bertz CT molecular complexity index is 1140. The van der Waals surface area contributed by atoms with Crippen molar-refractivity contribution in [1.29, 1.82) is 0 Å². The summed E-state index contributed by atoms with van der Waals surface area (Å²) < 4.78 is 13.7. The summed E-state index contributed by atoms with van der Waals surface area (Å²) in [5.41, 5.74) is 9.22. The van der Waals surface area contributed by atoms with Gasteiger partial charge in [-0.15, -0.1) is 6.58 Å². The molecule has 0 aliphatic carbocycles. The zero-order valence-corrected chi connectivity index (χ0v) is 20.8. The second-order valence-corrected chi connectivity index (χ2v) is 8.65. The Morgan fingerprint density at radius 3 is 2.74 bits per heavy atom. The lowest BCUT2D eigenvalue weighted by molar-refractivity contribution is 0.100. The first-order chi connectivity index (χ1) is 17.0. The fraction of sp³-hybridized carbons (Fsp3) is 0.393. The maximum absolute atomic E-state index is 12.2. The monoisotopic (exact) mass is 479 g/mol. The smallest absolute Gasteiger partial charge is 0.250 e. The van der Waals surface area contributed by atoms with Gasteiger partial charge in [-0.25, -0.2) is 0 Å². The van der Waals surface area contributed by atoms with Crippen LogP contribution >= 0.6 is 0 Å². The Morgan fingerprint density at radius 1 is 1.20 bits per heavy atom. The van der Waals surface area contributed by atoms with E-state index in [-0.39, 0.29) is 12.6 Å². The number of aliphatic hydroxyl groups is 1. The summed E-state index contributed by atoms with van der Waals surface area (Å²) in [4.78, 5) is 12.2. The number of primary amides is 1. The van der Waals surface area contributed by atoms with Gasteiger partial charge >= 0.3 is 0 Å². The number of hydrogen-bond donors (Lipinski definition) is 3. The van der Waals surface area contributed by atoms with Gasteiger partial charge in [-0.1, -0.05) is 12.1 Å². The molecule has 0 saturated carbocycles. The van der Waals surface area contributed by atoms with E-state index in [0.29, 0.717) is 38.3 Å². The molecular weight excluding hydrogens is 442 g/mol. The summed E-state index contributed by atoms with van der Waals surface area (Å²) in [5, 5.41) is 13.6. The van der Waals surface area contributed by atoms with Crippen molar-refractivity contribution in [2.24, 2.45) is 5.73 Å². The molecule has 7 nitrogen and oxygen atoms in total. The highest BCUT2D eigenvalue weighted by molar-refractivity contribution is 6.05. The number of aliphatic hydroxyl groups excluding tert-OH is 1. The number of aryl methyl sites for hydroxylation is 1. The van der Waals surface area contributed by atoms with E-state index < -0.39 is 5.91 Å². The van der Waals surface area contributed by atoms with E-state index in [1.165, 1.54) is 0 Å². The van der Waals surface area contributed by atoms with Gasteiger partial charge < -0.3 is 30.2 Å². The predicted molar refractivity (Wildman–Crippen MR) is 140 cm³/mol. The van der Waals surface area contributed by atoms with Gasteiger partial charge in [-0.3, -0.25) is 4.79 Å². The number of nitrogens with two attached hydrogens (primary N) is 1.